The fourth-order valence-electron chi connectivity index (χ4n) is 18.2. The Bertz CT molecular complexity index is 4420. The Balaban J connectivity index is 0.000000142. The van der Waals surface area contributed by atoms with Crippen molar-refractivity contribution in [2.75, 3.05) is 151 Å². The lowest BCUT2D eigenvalue weighted by Gasteiger charge is -2.43. The van der Waals surface area contributed by atoms with Gasteiger partial charge in [0.1, 0.15) is 16.8 Å². The van der Waals surface area contributed by atoms with E-state index in [1.807, 2.05) is 119 Å². The molecular weight excluding hydrogens is 1730 g/mol. The first-order valence-electron chi connectivity index (χ1n) is 43.8. The summed E-state index contributed by atoms with van der Waals surface area (Å²) in [6, 6.07) is 46.5. The van der Waals surface area contributed by atoms with Crippen LogP contribution in [0.1, 0.15) is 155 Å². The molecule has 4 atom stereocenters. The van der Waals surface area contributed by atoms with Crippen LogP contribution >= 0.6 is 45.3 Å². The Hall–Kier alpha value is -5.80. The smallest absolute Gasteiger partial charge is 0.252 e. The van der Waals surface area contributed by atoms with E-state index in [0.29, 0.717) is 119 Å². The fourth-order valence-corrected chi connectivity index (χ4v) is 28.7. The molecule has 12 heterocycles. The van der Waals surface area contributed by atoms with Crippen LogP contribution in [0.3, 0.4) is 0 Å². The van der Waals surface area contributed by atoms with Crippen LogP contribution in [0.2, 0.25) is 0 Å². The van der Waals surface area contributed by atoms with Gasteiger partial charge in [-0.25, -0.2) is 33.7 Å². The summed E-state index contributed by atoms with van der Waals surface area (Å²) in [5, 5.41) is 48.4. The zero-order valence-electron chi connectivity index (χ0n) is 72.9. The van der Waals surface area contributed by atoms with E-state index in [0.717, 1.165) is 175 Å². The highest BCUT2D eigenvalue weighted by atomic mass is 32.3. The number of rotatable bonds is 24. The number of aliphatic hydroxyl groups is 4. The van der Waals surface area contributed by atoms with Gasteiger partial charge in [0.15, 0.2) is 0 Å². The molecule has 8 saturated heterocycles. The van der Waals surface area contributed by atoms with Crippen LogP contribution in [0.4, 0.5) is 22.7 Å². The second-order valence-electron chi connectivity index (χ2n) is 36.2. The van der Waals surface area contributed by atoms with Crippen LogP contribution < -0.4 is 19.6 Å². The molecule has 4 aromatic heterocycles. The molecular formula is C92H128N8O16S8. The third kappa shape index (κ3) is 24.6. The normalized spacial score (nSPS) is 22.0. The molecule has 0 saturated carbocycles. The summed E-state index contributed by atoms with van der Waals surface area (Å²) < 4.78 is 136. The number of anilines is 4. The number of hydrogen-bond acceptors (Lipinski definition) is 24. The van der Waals surface area contributed by atoms with E-state index in [1.165, 1.54) is 45.3 Å². The molecule has 0 bridgehead atoms. The number of piperazine rings is 4. The minimum atomic E-state index is -3.46. The number of benzene rings is 4. The second kappa shape index (κ2) is 42.0. The SMILES string of the molecule is CC(C)(O)c1ccc(N2CCN(S(=O)(=O)c3cccs3)C[C@@H]2CC2CCOCC2)cc1.CC(C)(O)c1ccc(N2CCN(S(=O)(=O)c3cccs3)C[C@@H]2CC2CCOCC2)cc1.CC(C)(O)c1ccc(N2CCN(S(=O)(=O)c3cccs3)C[C@H]2CC2CCOCC2)cc1.CC(C)(O)c1ccc(N2CCN(S(=O)(=O)c3cccs3)C[C@H]2CC2CCOCC2)cc1. The van der Waals surface area contributed by atoms with E-state index in [-0.39, 0.29) is 24.2 Å². The van der Waals surface area contributed by atoms with Crippen molar-refractivity contribution >= 4 is 108 Å². The highest BCUT2D eigenvalue weighted by molar-refractivity contribution is 7.92. The summed E-state index contributed by atoms with van der Waals surface area (Å²) in [6.07, 6.45) is 12.0. The summed E-state index contributed by atoms with van der Waals surface area (Å²) >= 11 is 5.11. The van der Waals surface area contributed by atoms with Gasteiger partial charge in [-0.3, -0.25) is 0 Å². The third-order valence-corrected chi connectivity index (χ3v) is 38.5. The predicted octanol–water partition coefficient (Wildman–Crippen LogP) is 14.7. The topological polar surface area (TPSA) is 280 Å². The molecule has 0 aliphatic carbocycles. The average Bonchev–Trinajstić information content (AvgIpc) is 1.30. The molecule has 0 amide bonds. The van der Waals surface area contributed by atoms with Gasteiger partial charge in [0.2, 0.25) is 0 Å². The van der Waals surface area contributed by atoms with Crippen molar-refractivity contribution in [3.8, 4) is 0 Å². The molecule has 124 heavy (non-hydrogen) atoms. The summed E-state index contributed by atoms with van der Waals surface area (Å²) in [6.45, 7) is 27.0. The molecule has 4 N–H and O–H groups in total. The molecule has 8 fully saturated rings. The standard InChI is InChI=1S/4C23H32N2O4S2/c4*1-23(2,26)19-5-7-20(8-6-19)25-12-11-24(31(27,28)22-4-3-15-30-22)17-21(25)16-18-9-13-29-14-10-18/h4*3-8,15,18,21,26H,9-14,16-17H2,1-2H3/t4*21-/m1100/s1. The number of nitrogens with zero attached hydrogens (tertiary/aromatic N) is 8. The highest BCUT2D eigenvalue weighted by Crippen LogP contribution is 2.40. The minimum absolute atomic E-state index is 0.111. The molecule has 0 radical (unpaired) electrons. The largest absolute Gasteiger partial charge is 0.386 e. The van der Waals surface area contributed by atoms with Gasteiger partial charge in [-0.1, -0.05) is 72.8 Å². The van der Waals surface area contributed by atoms with Gasteiger partial charge in [0.05, 0.1) is 22.4 Å². The number of ether oxygens (including phenoxy) is 4. The fraction of sp³-hybridized carbons (Fsp3) is 0.565. The van der Waals surface area contributed by atoms with Crippen LogP contribution in [-0.2, 0) is 81.4 Å². The van der Waals surface area contributed by atoms with Crippen molar-refractivity contribution in [2.24, 2.45) is 23.7 Å². The zero-order chi connectivity index (χ0) is 88.2. The van der Waals surface area contributed by atoms with Crippen molar-refractivity contribution in [2.45, 2.75) is 196 Å². The Morgan fingerprint density at radius 2 is 0.460 bits per heavy atom. The molecule has 8 aromatic rings. The summed E-state index contributed by atoms with van der Waals surface area (Å²) in [5.41, 5.74) is 4.29. The Morgan fingerprint density at radius 3 is 0.613 bits per heavy atom. The van der Waals surface area contributed by atoms with Gasteiger partial charge >= 0.3 is 0 Å². The molecule has 16 rings (SSSR count). The lowest BCUT2D eigenvalue weighted by Crippen LogP contribution is -2.55. The molecule has 680 valence electrons. The molecule has 8 aliphatic rings. The Kier molecular flexibility index (Phi) is 32.4. The van der Waals surface area contributed by atoms with Crippen molar-refractivity contribution < 1.29 is 73.0 Å². The first-order chi connectivity index (χ1) is 59.0. The second-order valence-corrected chi connectivity index (χ2v) is 48.6. The van der Waals surface area contributed by atoms with Crippen LogP contribution in [-0.4, -0.2) is 227 Å². The summed E-state index contributed by atoms with van der Waals surface area (Å²) in [7, 11) is -13.8. The molecule has 24 nitrogen and oxygen atoms in total. The monoisotopic (exact) mass is 1860 g/mol. The van der Waals surface area contributed by atoms with E-state index in [2.05, 4.69) is 19.6 Å². The highest BCUT2D eigenvalue weighted by Gasteiger charge is 2.42. The van der Waals surface area contributed by atoms with Gasteiger partial charge < -0.3 is 59.0 Å². The predicted molar refractivity (Wildman–Crippen MR) is 496 cm³/mol. The van der Waals surface area contributed by atoms with Crippen LogP contribution in [0, 0.1) is 23.7 Å². The van der Waals surface area contributed by atoms with E-state index >= 15 is 0 Å². The Labute approximate surface area is 752 Å². The van der Waals surface area contributed by atoms with Crippen LogP contribution in [0.5, 0.6) is 0 Å². The van der Waals surface area contributed by atoms with Gasteiger partial charge in [-0.2, -0.15) is 17.2 Å². The lowest BCUT2D eigenvalue weighted by atomic mass is 9.90. The molecule has 4 aromatic carbocycles. The third-order valence-electron chi connectivity index (χ3n) is 25.5. The van der Waals surface area contributed by atoms with E-state index < -0.39 is 62.5 Å². The maximum absolute atomic E-state index is 13.2. The van der Waals surface area contributed by atoms with Gasteiger partial charge in [0, 0.05) is 178 Å². The van der Waals surface area contributed by atoms with Crippen LogP contribution in [0.15, 0.2) is 184 Å². The quantitative estimate of drug-likeness (QED) is 0.0437. The maximum Gasteiger partial charge on any atom is 0.252 e. The van der Waals surface area contributed by atoms with Crippen molar-refractivity contribution in [1.29, 1.82) is 0 Å². The first-order valence-corrected chi connectivity index (χ1v) is 53.1. The van der Waals surface area contributed by atoms with E-state index in [1.54, 1.807) is 121 Å². The molecule has 0 spiro atoms. The number of hydrogen-bond donors (Lipinski definition) is 4. The summed E-state index contributed by atoms with van der Waals surface area (Å²) in [5.74, 6) is 2.17. The molecule has 32 heteroatoms. The van der Waals surface area contributed by atoms with E-state index in [9.17, 15) is 54.1 Å². The van der Waals surface area contributed by atoms with Crippen molar-refractivity contribution in [1.82, 2.24) is 17.2 Å². The van der Waals surface area contributed by atoms with Gasteiger partial charge in [0.25, 0.3) is 40.1 Å². The zero-order valence-corrected chi connectivity index (χ0v) is 79.5. The lowest BCUT2D eigenvalue weighted by molar-refractivity contribution is 0.0600. The van der Waals surface area contributed by atoms with Crippen LogP contribution in [0.25, 0.3) is 0 Å². The molecule has 0 unspecified atom stereocenters. The average molecular weight is 1860 g/mol. The molecule has 8 aliphatic heterocycles. The number of thiophene rings is 4. The van der Waals surface area contributed by atoms with E-state index in [4.69, 9.17) is 18.9 Å². The first kappa shape index (κ1) is 95.8. The van der Waals surface area contributed by atoms with Gasteiger partial charge in [-0.05, 0) is 273 Å². The minimum Gasteiger partial charge on any atom is -0.386 e. The van der Waals surface area contributed by atoms with Gasteiger partial charge in [-0.15, -0.1) is 45.3 Å². The maximum atomic E-state index is 13.2. The van der Waals surface area contributed by atoms with Crippen molar-refractivity contribution in [3.63, 3.8) is 0 Å². The Morgan fingerprint density at radius 1 is 0.282 bits per heavy atom. The summed E-state index contributed by atoms with van der Waals surface area (Å²) in [4.78, 5) is 9.40. The number of sulfonamides is 4. The van der Waals surface area contributed by atoms with Crippen molar-refractivity contribution in [3.05, 3.63) is 189 Å².